The number of ether oxygens (including phenoxy) is 2. The largest absolute Gasteiger partial charge is 0.469 e. The maximum absolute atomic E-state index is 12.3. The lowest BCUT2D eigenvalue weighted by atomic mass is 10.0. The van der Waals surface area contributed by atoms with Gasteiger partial charge < -0.3 is 19.3 Å². The van der Waals surface area contributed by atoms with Crippen molar-refractivity contribution in [3.05, 3.63) is 36.5 Å². The lowest BCUT2D eigenvalue weighted by Crippen LogP contribution is -2.29. The highest BCUT2D eigenvalue weighted by atomic mass is 31.2. The Kier molecular flexibility index (Phi) is 31.9. The highest BCUT2D eigenvalue weighted by Gasteiger charge is 2.22. The minimum Gasteiger partial charge on any atom is -0.462 e. The van der Waals surface area contributed by atoms with Gasteiger partial charge in [0.05, 0.1) is 6.61 Å². The topological polar surface area (TPSA) is 119 Å². The first kappa shape index (κ1) is 44.3. The predicted molar refractivity (Wildman–Crippen MR) is 188 cm³/mol. The summed E-state index contributed by atoms with van der Waals surface area (Å²) in [5.74, 6) is -0.903. The first-order chi connectivity index (χ1) is 22.3. The molecule has 0 radical (unpaired) electrons. The average Bonchev–Trinajstić information content (AvgIpc) is 3.02. The molecule has 9 heteroatoms. The van der Waals surface area contributed by atoms with Gasteiger partial charge in [0.25, 0.3) is 0 Å². The summed E-state index contributed by atoms with van der Waals surface area (Å²) >= 11 is 0. The Hall–Kier alpha value is -1.73. The predicted octanol–water partition coefficient (Wildman–Crippen LogP) is 10.6. The molecule has 0 aromatic heterocycles. The van der Waals surface area contributed by atoms with Crippen LogP contribution in [0, 0.1) is 0 Å². The van der Waals surface area contributed by atoms with E-state index in [9.17, 15) is 14.2 Å². The zero-order chi connectivity index (χ0) is 34.0. The Morgan fingerprint density at radius 1 is 0.587 bits per heavy atom. The smallest absolute Gasteiger partial charge is 0.462 e. The molecule has 0 amide bonds. The Bertz CT molecular complexity index is 848. The van der Waals surface area contributed by atoms with Crippen LogP contribution in [0.15, 0.2) is 36.5 Å². The number of esters is 2. The van der Waals surface area contributed by atoms with Gasteiger partial charge in [-0.3, -0.25) is 14.1 Å². The van der Waals surface area contributed by atoms with Crippen LogP contribution in [0.3, 0.4) is 0 Å². The molecular weight excluding hydrogens is 603 g/mol. The Balaban J connectivity index is 4.00. The average molecular weight is 671 g/mol. The minimum atomic E-state index is -4.75. The minimum absolute atomic E-state index is 0.210. The fourth-order valence-corrected chi connectivity index (χ4v) is 5.34. The quantitative estimate of drug-likeness (QED) is 0.0306. The van der Waals surface area contributed by atoms with E-state index in [1.165, 1.54) is 57.8 Å². The number of phosphoric acid groups is 1. The van der Waals surface area contributed by atoms with E-state index in [0.29, 0.717) is 12.8 Å². The van der Waals surface area contributed by atoms with Crippen LogP contribution in [-0.2, 0) is 28.2 Å². The van der Waals surface area contributed by atoms with Crippen molar-refractivity contribution in [3.63, 3.8) is 0 Å². The molecule has 0 saturated heterocycles. The van der Waals surface area contributed by atoms with Gasteiger partial charge in [0.15, 0.2) is 6.10 Å². The van der Waals surface area contributed by atoms with Crippen molar-refractivity contribution in [2.75, 3.05) is 13.2 Å². The monoisotopic (exact) mass is 670 g/mol. The van der Waals surface area contributed by atoms with Crippen molar-refractivity contribution in [1.29, 1.82) is 0 Å². The third-order valence-electron chi connectivity index (χ3n) is 7.67. The number of phosphoric ester groups is 1. The number of hydrogen-bond acceptors (Lipinski definition) is 6. The van der Waals surface area contributed by atoms with Gasteiger partial charge in [-0.15, -0.1) is 0 Å². The van der Waals surface area contributed by atoms with E-state index in [2.05, 4.69) is 54.8 Å². The zero-order valence-electron chi connectivity index (χ0n) is 29.2. The van der Waals surface area contributed by atoms with E-state index >= 15 is 0 Å². The summed E-state index contributed by atoms with van der Waals surface area (Å²) in [7, 11) is -4.75. The molecule has 0 fully saturated rings. The number of hydrogen-bond donors (Lipinski definition) is 2. The molecule has 0 heterocycles. The van der Waals surface area contributed by atoms with Crippen molar-refractivity contribution < 1.29 is 37.9 Å². The summed E-state index contributed by atoms with van der Waals surface area (Å²) in [5, 5.41) is 0. The number of carbonyl (C=O) groups is 2. The lowest BCUT2D eigenvalue weighted by molar-refractivity contribution is -0.161. The molecule has 268 valence electrons. The first-order valence-corrected chi connectivity index (χ1v) is 19.8. The summed E-state index contributed by atoms with van der Waals surface area (Å²) < 4.78 is 26.3. The van der Waals surface area contributed by atoms with Gasteiger partial charge in [0.1, 0.15) is 6.61 Å². The van der Waals surface area contributed by atoms with Gasteiger partial charge in [-0.1, -0.05) is 147 Å². The molecule has 2 N–H and O–H groups in total. The molecule has 1 atom stereocenters. The zero-order valence-corrected chi connectivity index (χ0v) is 30.1. The van der Waals surface area contributed by atoms with Crippen LogP contribution in [0.5, 0.6) is 0 Å². The second-order valence-corrected chi connectivity index (χ2v) is 13.4. The molecule has 46 heavy (non-hydrogen) atoms. The lowest BCUT2D eigenvalue weighted by Gasteiger charge is -2.18. The van der Waals surface area contributed by atoms with Crippen LogP contribution >= 0.6 is 7.82 Å². The molecular formula is C37H67O8P. The number of rotatable bonds is 33. The molecule has 0 rings (SSSR count). The standard InChI is InChI=1S/C37H67O8P/c1-3-5-7-9-11-13-15-17-18-20-21-23-25-27-29-31-36(38)43-33-35(34-44-46(40,41)42)45-37(39)32-30-28-26-24-22-19-16-14-12-10-8-6-4-2/h5,7,11,13,17-18,35H,3-4,6,8-10,12,14-16,19-34H2,1-2H3,(H2,40,41,42)/b7-5-,13-11-,18-17-/t35-/m1/s1. The molecule has 0 saturated carbocycles. The van der Waals surface area contributed by atoms with Crippen molar-refractivity contribution in [2.45, 2.75) is 174 Å². The van der Waals surface area contributed by atoms with Gasteiger partial charge in [-0.2, -0.15) is 0 Å². The molecule has 0 aliphatic rings. The SMILES string of the molecule is CC/C=C\C/C=C\C/C=C\CCCCCCCC(=O)OC[C@H](COP(=O)(O)O)OC(=O)CCCCCCCCCCCCCCC. The number of carbonyl (C=O) groups excluding carboxylic acids is 2. The second kappa shape index (κ2) is 33.2. The van der Waals surface area contributed by atoms with Crippen LogP contribution in [0.2, 0.25) is 0 Å². The molecule has 0 aliphatic carbocycles. The first-order valence-electron chi connectivity index (χ1n) is 18.3. The van der Waals surface area contributed by atoms with Gasteiger partial charge in [-0.25, -0.2) is 4.57 Å². The van der Waals surface area contributed by atoms with Crippen molar-refractivity contribution >= 4 is 19.8 Å². The molecule has 0 aliphatic heterocycles. The normalized spacial score (nSPS) is 12.9. The van der Waals surface area contributed by atoms with Crippen LogP contribution in [0.1, 0.15) is 168 Å². The molecule has 0 unspecified atom stereocenters. The summed E-state index contributed by atoms with van der Waals surface area (Å²) in [4.78, 5) is 42.6. The van der Waals surface area contributed by atoms with Crippen LogP contribution in [0.4, 0.5) is 0 Å². The van der Waals surface area contributed by atoms with E-state index < -0.39 is 32.5 Å². The summed E-state index contributed by atoms with van der Waals surface area (Å²) in [5.41, 5.74) is 0. The van der Waals surface area contributed by atoms with Gasteiger partial charge in [0.2, 0.25) is 0 Å². The molecule has 8 nitrogen and oxygen atoms in total. The van der Waals surface area contributed by atoms with Crippen LogP contribution < -0.4 is 0 Å². The maximum atomic E-state index is 12.3. The van der Waals surface area contributed by atoms with Crippen molar-refractivity contribution in [3.8, 4) is 0 Å². The van der Waals surface area contributed by atoms with E-state index in [4.69, 9.17) is 19.3 Å². The summed E-state index contributed by atoms with van der Waals surface area (Å²) in [6.45, 7) is 3.54. The fourth-order valence-electron chi connectivity index (χ4n) is 4.97. The van der Waals surface area contributed by atoms with Crippen molar-refractivity contribution in [2.24, 2.45) is 0 Å². The number of unbranched alkanes of at least 4 members (excludes halogenated alkanes) is 17. The number of allylic oxidation sites excluding steroid dienone is 6. The van der Waals surface area contributed by atoms with Crippen LogP contribution in [0.25, 0.3) is 0 Å². The third-order valence-corrected chi connectivity index (χ3v) is 8.16. The summed E-state index contributed by atoms with van der Waals surface area (Å²) in [6.07, 6.45) is 37.2. The van der Waals surface area contributed by atoms with E-state index in [-0.39, 0.29) is 19.4 Å². The maximum Gasteiger partial charge on any atom is 0.469 e. The van der Waals surface area contributed by atoms with Crippen molar-refractivity contribution in [1.82, 2.24) is 0 Å². The van der Waals surface area contributed by atoms with Gasteiger partial charge in [-0.05, 0) is 44.9 Å². The van der Waals surface area contributed by atoms with Gasteiger partial charge >= 0.3 is 19.8 Å². The molecule has 0 bridgehead atoms. The fraction of sp³-hybridized carbons (Fsp3) is 0.784. The molecule has 0 aromatic carbocycles. The Morgan fingerprint density at radius 2 is 1.04 bits per heavy atom. The van der Waals surface area contributed by atoms with Gasteiger partial charge in [0, 0.05) is 12.8 Å². The van der Waals surface area contributed by atoms with Crippen LogP contribution in [-0.4, -0.2) is 41.0 Å². The highest BCUT2D eigenvalue weighted by Crippen LogP contribution is 2.36. The summed E-state index contributed by atoms with van der Waals surface area (Å²) in [6, 6.07) is 0. The third kappa shape index (κ3) is 35.1. The Morgan fingerprint density at radius 3 is 1.57 bits per heavy atom. The van der Waals surface area contributed by atoms with E-state index in [1.54, 1.807) is 0 Å². The van der Waals surface area contributed by atoms with E-state index in [1.807, 2.05) is 0 Å². The highest BCUT2D eigenvalue weighted by molar-refractivity contribution is 7.46. The molecule has 0 spiro atoms. The molecule has 0 aromatic rings. The Labute approximate surface area is 281 Å². The van der Waals surface area contributed by atoms with E-state index in [0.717, 1.165) is 70.6 Å². The second-order valence-electron chi connectivity index (χ2n) is 12.2.